The highest BCUT2D eigenvalue weighted by Gasteiger charge is 2.20. The fourth-order valence-corrected chi connectivity index (χ4v) is 3.80. The maximum absolute atomic E-state index is 12.7. The smallest absolute Gasteiger partial charge is 0.335 e. The first kappa shape index (κ1) is 25.5. The highest BCUT2D eigenvalue weighted by atomic mass is 32.1. The zero-order valence-electron chi connectivity index (χ0n) is 18.4. The standard InChI is InChI=1S/C25H32N2O4S/c1-2-6-20(23(28)27-16-19-9-11-21(12-10-19)25(30)31)13-14-26-24(29)22(17-32)15-18-7-4-3-5-8-18/h3-5,7-12,20,22,32H,2,6,13-17H2,1H3,(H,26,29)(H,27,28)(H,30,31). The van der Waals surface area contributed by atoms with Crippen molar-refractivity contribution >= 4 is 30.4 Å². The number of aromatic carboxylic acids is 1. The van der Waals surface area contributed by atoms with E-state index in [4.69, 9.17) is 5.11 Å². The maximum atomic E-state index is 12.7. The van der Waals surface area contributed by atoms with Gasteiger partial charge in [0.1, 0.15) is 0 Å². The molecule has 3 N–H and O–H groups in total. The Labute approximate surface area is 195 Å². The number of thiol groups is 1. The van der Waals surface area contributed by atoms with Crippen LogP contribution in [0.2, 0.25) is 0 Å². The second-order valence-corrected chi connectivity index (χ2v) is 8.22. The van der Waals surface area contributed by atoms with E-state index < -0.39 is 5.97 Å². The van der Waals surface area contributed by atoms with E-state index in [2.05, 4.69) is 23.3 Å². The number of carbonyl (C=O) groups is 3. The van der Waals surface area contributed by atoms with Crippen molar-refractivity contribution < 1.29 is 19.5 Å². The topological polar surface area (TPSA) is 95.5 Å². The minimum atomic E-state index is -0.977. The average Bonchev–Trinajstić information content (AvgIpc) is 2.81. The molecule has 0 heterocycles. The van der Waals surface area contributed by atoms with E-state index in [-0.39, 0.29) is 29.2 Å². The first-order chi connectivity index (χ1) is 15.4. The monoisotopic (exact) mass is 456 g/mol. The number of rotatable bonds is 13. The van der Waals surface area contributed by atoms with E-state index in [1.54, 1.807) is 12.1 Å². The van der Waals surface area contributed by atoms with Crippen LogP contribution in [0.4, 0.5) is 0 Å². The van der Waals surface area contributed by atoms with Gasteiger partial charge in [0.15, 0.2) is 0 Å². The van der Waals surface area contributed by atoms with Crippen LogP contribution >= 0.6 is 12.6 Å². The molecule has 2 rings (SSSR count). The van der Waals surface area contributed by atoms with Crippen molar-refractivity contribution in [2.75, 3.05) is 12.3 Å². The van der Waals surface area contributed by atoms with Crippen LogP contribution in [0.3, 0.4) is 0 Å². The summed E-state index contributed by atoms with van der Waals surface area (Å²) in [6.45, 7) is 2.80. The van der Waals surface area contributed by atoms with Gasteiger partial charge in [0.25, 0.3) is 0 Å². The van der Waals surface area contributed by atoms with Gasteiger partial charge >= 0.3 is 5.97 Å². The number of hydrogen-bond donors (Lipinski definition) is 4. The van der Waals surface area contributed by atoms with Crippen LogP contribution in [0.5, 0.6) is 0 Å². The van der Waals surface area contributed by atoms with E-state index in [1.165, 1.54) is 12.1 Å². The highest BCUT2D eigenvalue weighted by Crippen LogP contribution is 2.14. The van der Waals surface area contributed by atoms with Gasteiger partial charge in [-0.05, 0) is 42.5 Å². The average molecular weight is 457 g/mol. The summed E-state index contributed by atoms with van der Waals surface area (Å²) in [6.07, 6.45) is 2.80. The Hall–Kier alpha value is -2.80. The van der Waals surface area contributed by atoms with Crippen molar-refractivity contribution in [2.45, 2.75) is 39.2 Å². The third-order valence-corrected chi connectivity index (χ3v) is 5.82. The second kappa shape index (κ2) is 13.6. The van der Waals surface area contributed by atoms with Crippen molar-refractivity contribution in [3.05, 3.63) is 71.3 Å². The first-order valence-corrected chi connectivity index (χ1v) is 11.6. The molecule has 0 aliphatic heterocycles. The summed E-state index contributed by atoms with van der Waals surface area (Å²) in [5.41, 5.74) is 2.15. The van der Waals surface area contributed by atoms with Crippen molar-refractivity contribution in [3.63, 3.8) is 0 Å². The van der Waals surface area contributed by atoms with Gasteiger partial charge in [-0.15, -0.1) is 0 Å². The van der Waals surface area contributed by atoms with E-state index in [0.717, 1.165) is 24.0 Å². The normalized spacial score (nSPS) is 12.6. The summed E-state index contributed by atoms with van der Waals surface area (Å²) in [4.78, 5) is 36.2. The Morgan fingerprint density at radius 1 is 0.875 bits per heavy atom. The molecular formula is C25H32N2O4S. The van der Waals surface area contributed by atoms with Crippen LogP contribution in [-0.4, -0.2) is 35.2 Å². The lowest BCUT2D eigenvalue weighted by atomic mass is 9.97. The Balaban J connectivity index is 1.81. The number of carbonyl (C=O) groups excluding carboxylic acids is 2. The van der Waals surface area contributed by atoms with Gasteiger partial charge < -0.3 is 15.7 Å². The van der Waals surface area contributed by atoms with Gasteiger partial charge in [0.2, 0.25) is 11.8 Å². The Morgan fingerprint density at radius 2 is 1.53 bits per heavy atom. The Morgan fingerprint density at radius 3 is 2.12 bits per heavy atom. The molecule has 2 aromatic carbocycles. The number of nitrogens with one attached hydrogen (secondary N) is 2. The molecule has 0 bridgehead atoms. The summed E-state index contributed by atoms with van der Waals surface area (Å²) < 4.78 is 0. The number of carboxylic acids is 1. The molecule has 0 fully saturated rings. The second-order valence-electron chi connectivity index (χ2n) is 7.85. The van der Waals surface area contributed by atoms with Crippen LogP contribution in [0.15, 0.2) is 54.6 Å². The summed E-state index contributed by atoms with van der Waals surface area (Å²) >= 11 is 4.34. The fourth-order valence-electron chi connectivity index (χ4n) is 3.51. The number of hydrogen-bond acceptors (Lipinski definition) is 4. The van der Waals surface area contributed by atoms with Gasteiger partial charge in [-0.3, -0.25) is 9.59 Å². The van der Waals surface area contributed by atoms with Gasteiger partial charge in [-0.1, -0.05) is 55.8 Å². The lowest BCUT2D eigenvalue weighted by Gasteiger charge is -2.18. The SMILES string of the molecule is CCCC(CCNC(=O)C(CS)Cc1ccccc1)C(=O)NCc1ccc(C(=O)O)cc1. The molecule has 2 amide bonds. The fraction of sp³-hybridized carbons (Fsp3) is 0.400. The summed E-state index contributed by atoms with van der Waals surface area (Å²) in [5, 5.41) is 14.9. The third-order valence-electron chi connectivity index (χ3n) is 5.38. The van der Waals surface area contributed by atoms with Gasteiger partial charge in [0, 0.05) is 24.8 Å². The zero-order valence-corrected chi connectivity index (χ0v) is 19.3. The minimum Gasteiger partial charge on any atom is -0.478 e. The van der Waals surface area contributed by atoms with Crippen LogP contribution in [-0.2, 0) is 22.6 Å². The summed E-state index contributed by atoms with van der Waals surface area (Å²) in [6, 6.07) is 16.3. The lowest BCUT2D eigenvalue weighted by Crippen LogP contribution is -2.36. The van der Waals surface area contributed by atoms with Crippen LogP contribution in [0.1, 0.15) is 47.7 Å². The van der Waals surface area contributed by atoms with E-state index in [9.17, 15) is 14.4 Å². The number of carboxylic acid groups (broad SMARTS) is 1. The lowest BCUT2D eigenvalue weighted by molar-refractivity contribution is -0.127. The Bertz CT molecular complexity index is 871. The molecule has 0 saturated heterocycles. The molecule has 0 radical (unpaired) electrons. The van der Waals surface area contributed by atoms with Crippen molar-refractivity contribution in [1.29, 1.82) is 0 Å². The van der Waals surface area contributed by atoms with E-state index >= 15 is 0 Å². The minimum absolute atomic E-state index is 0.0435. The summed E-state index contributed by atoms with van der Waals surface area (Å²) in [7, 11) is 0. The molecule has 7 heteroatoms. The molecule has 32 heavy (non-hydrogen) atoms. The summed E-state index contributed by atoms with van der Waals surface area (Å²) in [5.74, 6) is -1.03. The van der Waals surface area contributed by atoms with Crippen molar-refractivity contribution in [3.8, 4) is 0 Å². The molecule has 2 atom stereocenters. The van der Waals surface area contributed by atoms with Crippen molar-refractivity contribution in [1.82, 2.24) is 10.6 Å². The number of amides is 2. The van der Waals surface area contributed by atoms with Crippen LogP contribution in [0.25, 0.3) is 0 Å². The van der Waals surface area contributed by atoms with Crippen molar-refractivity contribution in [2.24, 2.45) is 11.8 Å². The highest BCUT2D eigenvalue weighted by molar-refractivity contribution is 7.80. The number of benzene rings is 2. The quantitative estimate of drug-likeness (QED) is 0.346. The predicted molar refractivity (Wildman–Crippen MR) is 129 cm³/mol. The van der Waals surface area contributed by atoms with E-state index in [0.29, 0.717) is 31.7 Å². The third kappa shape index (κ3) is 8.38. The van der Waals surface area contributed by atoms with Crippen LogP contribution < -0.4 is 10.6 Å². The molecule has 6 nitrogen and oxygen atoms in total. The molecule has 0 aliphatic rings. The van der Waals surface area contributed by atoms with E-state index in [1.807, 2.05) is 37.3 Å². The zero-order chi connectivity index (χ0) is 23.3. The molecule has 172 valence electrons. The molecule has 0 aromatic heterocycles. The molecule has 2 aromatic rings. The van der Waals surface area contributed by atoms with Crippen LogP contribution in [0, 0.1) is 11.8 Å². The molecule has 2 unspecified atom stereocenters. The predicted octanol–water partition coefficient (Wildman–Crippen LogP) is 3.71. The van der Waals surface area contributed by atoms with Gasteiger partial charge in [-0.25, -0.2) is 4.79 Å². The molecule has 0 aliphatic carbocycles. The largest absolute Gasteiger partial charge is 0.478 e. The van der Waals surface area contributed by atoms with Gasteiger partial charge in [0.05, 0.1) is 11.5 Å². The first-order valence-electron chi connectivity index (χ1n) is 11.0. The molecule has 0 saturated carbocycles. The van der Waals surface area contributed by atoms with Gasteiger partial charge in [-0.2, -0.15) is 12.6 Å². The molecular weight excluding hydrogens is 424 g/mol. The Kier molecular flexibility index (Phi) is 10.8. The maximum Gasteiger partial charge on any atom is 0.335 e. The molecule has 0 spiro atoms.